The molecule has 1 atom stereocenters. The van der Waals surface area contributed by atoms with Crippen LogP contribution in [0.1, 0.15) is 47.7 Å². The van der Waals surface area contributed by atoms with E-state index in [2.05, 4.69) is 26.0 Å². The fourth-order valence-corrected chi connectivity index (χ4v) is 2.09. The lowest BCUT2D eigenvalue weighted by Crippen LogP contribution is -2.00. The first-order chi connectivity index (χ1) is 10.1. The van der Waals surface area contributed by atoms with E-state index in [9.17, 15) is 4.79 Å². The molecule has 0 heterocycles. The first-order valence-electron chi connectivity index (χ1n) is 7.15. The molecule has 0 aliphatic heterocycles. The molecule has 1 unspecified atom stereocenters. The molecule has 110 valence electrons. The Morgan fingerprint density at radius 2 is 1.90 bits per heavy atom. The highest BCUT2D eigenvalue weighted by atomic mass is 16.5. The fraction of sp³-hybridized carbons (Fsp3) is 0.278. The van der Waals surface area contributed by atoms with E-state index in [4.69, 9.17) is 9.84 Å². The molecule has 0 amide bonds. The third-order valence-corrected chi connectivity index (χ3v) is 3.64. The Hall–Kier alpha value is -2.29. The number of rotatable bonds is 6. The van der Waals surface area contributed by atoms with Gasteiger partial charge in [0.15, 0.2) is 0 Å². The Balaban J connectivity index is 1.99. The smallest absolute Gasteiger partial charge is 0.335 e. The van der Waals surface area contributed by atoms with Gasteiger partial charge in [-0.2, -0.15) is 0 Å². The van der Waals surface area contributed by atoms with Crippen molar-refractivity contribution in [2.24, 2.45) is 0 Å². The minimum atomic E-state index is -0.922. The molecule has 0 aliphatic carbocycles. The number of hydrogen-bond donors (Lipinski definition) is 1. The highest BCUT2D eigenvalue weighted by molar-refractivity contribution is 5.87. The summed E-state index contributed by atoms with van der Waals surface area (Å²) in [4.78, 5) is 10.9. The Bertz CT molecular complexity index is 602. The third kappa shape index (κ3) is 4.09. The maximum absolute atomic E-state index is 10.9. The van der Waals surface area contributed by atoms with Crippen LogP contribution in [0.2, 0.25) is 0 Å². The summed E-state index contributed by atoms with van der Waals surface area (Å²) in [5, 5.41) is 8.96. The van der Waals surface area contributed by atoms with Gasteiger partial charge in [-0.25, -0.2) is 4.79 Å². The molecule has 0 fully saturated rings. The van der Waals surface area contributed by atoms with E-state index in [-0.39, 0.29) is 5.56 Å². The lowest BCUT2D eigenvalue weighted by molar-refractivity contribution is 0.0696. The van der Waals surface area contributed by atoms with Gasteiger partial charge < -0.3 is 9.84 Å². The zero-order valence-corrected chi connectivity index (χ0v) is 12.4. The standard InChI is InChI=1S/C18H20O3/c1-3-13(2)15-7-9-17(10-8-15)21-12-14-5-4-6-16(11-14)18(19)20/h4-11,13H,3,12H2,1-2H3,(H,19,20). The van der Waals surface area contributed by atoms with Crippen LogP contribution in [0.5, 0.6) is 5.75 Å². The zero-order valence-electron chi connectivity index (χ0n) is 12.4. The van der Waals surface area contributed by atoms with Crippen molar-refractivity contribution in [2.75, 3.05) is 0 Å². The van der Waals surface area contributed by atoms with E-state index in [1.807, 2.05) is 18.2 Å². The molecule has 0 radical (unpaired) electrons. The van der Waals surface area contributed by atoms with Crippen molar-refractivity contribution in [2.45, 2.75) is 32.8 Å². The maximum atomic E-state index is 10.9. The van der Waals surface area contributed by atoms with E-state index in [0.29, 0.717) is 12.5 Å². The molecule has 0 saturated carbocycles. The molecule has 21 heavy (non-hydrogen) atoms. The molecule has 3 nitrogen and oxygen atoms in total. The highest BCUT2D eigenvalue weighted by Gasteiger charge is 2.05. The molecule has 1 N–H and O–H groups in total. The van der Waals surface area contributed by atoms with E-state index < -0.39 is 5.97 Å². The van der Waals surface area contributed by atoms with Crippen LogP contribution in [0.25, 0.3) is 0 Å². The number of ether oxygens (including phenoxy) is 1. The lowest BCUT2D eigenvalue weighted by Gasteiger charge is -2.11. The van der Waals surface area contributed by atoms with Crippen molar-refractivity contribution in [1.29, 1.82) is 0 Å². The summed E-state index contributed by atoms with van der Waals surface area (Å²) in [6, 6.07) is 14.9. The Morgan fingerprint density at radius 3 is 2.52 bits per heavy atom. The van der Waals surface area contributed by atoms with Crippen LogP contribution in [0.3, 0.4) is 0 Å². The van der Waals surface area contributed by atoms with Crippen molar-refractivity contribution >= 4 is 5.97 Å². The first kappa shape index (κ1) is 15.1. The van der Waals surface area contributed by atoms with Gasteiger partial charge >= 0.3 is 5.97 Å². The van der Waals surface area contributed by atoms with E-state index in [1.54, 1.807) is 18.2 Å². The van der Waals surface area contributed by atoms with Gasteiger partial charge in [-0.3, -0.25) is 0 Å². The summed E-state index contributed by atoms with van der Waals surface area (Å²) in [6.45, 7) is 4.74. The summed E-state index contributed by atoms with van der Waals surface area (Å²) >= 11 is 0. The van der Waals surface area contributed by atoms with Crippen molar-refractivity contribution in [3.05, 3.63) is 65.2 Å². The van der Waals surface area contributed by atoms with Crippen LogP contribution >= 0.6 is 0 Å². The predicted octanol–water partition coefficient (Wildman–Crippen LogP) is 4.48. The van der Waals surface area contributed by atoms with Crippen LogP contribution in [0, 0.1) is 0 Å². The molecule has 2 aromatic rings. The lowest BCUT2D eigenvalue weighted by atomic mass is 9.99. The topological polar surface area (TPSA) is 46.5 Å². The van der Waals surface area contributed by atoms with Crippen LogP contribution in [0.15, 0.2) is 48.5 Å². The van der Waals surface area contributed by atoms with Crippen molar-refractivity contribution in [3.8, 4) is 5.75 Å². The fourth-order valence-electron chi connectivity index (χ4n) is 2.09. The van der Waals surface area contributed by atoms with Gasteiger partial charge in [-0.15, -0.1) is 0 Å². The van der Waals surface area contributed by atoms with Gasteiger partial charge in [0, 0.05) is 0 Å². The molecule has 0 aliphatic rings. The van der Waals surface area contributed by atoms with Crippen LogP contribution < -0.4 is 4.74 Å². The van der Waals surface area contributed by atoms with Crippen LogP contribution in [-0.4, -0.2) is 11.1 Å². The highest BCUT2D eigenvalue weighted by Crippen LogP contribution is 2.22. The summed E-state index contributed by atoms with van der Waals surface area (Å²) in [6.07, 6.45) is 1.11. The number of carboxylic acid groups (broad SMARTS) is 1. The summed E-state index contributed by atoms with van der Waals surface area (Å²) in [5.74, 6) is 0.420. The van der Waals surface area contributed by atoms with Gasteiger partial charge in [0.05, 0.1) is 5.56 Å². The quantitative estimate of drug-likeness (QED) is 0.850. The van der Waals surface area contributed by atoms with Gasteiger partial charge in [-0.1, -0.05) is 38.1 Å². The molecular formula is C18H20O3. The number of carbonyl (C=O) groups is 1. The van der Waals surface area contributed by atoms with E-state index in [0.717, 1.165) is 17.7 Å². The Morgan fingerprint density at radius 1 is 1.19 bits per heavy atom. The van der Waals surface area contributed by atoms with Gasteiger partial charge in [0.2, 0.25) is 0 Å². The summed E-state index contributed by atoms with van der Waals surface area (Å²) in [5.41, 5.74) is 2.43. The second-order valence-electron chi connectivity index (χ2n) is 5.17. The largest absolute Gasteiger partial charge is 0.489 e. The average Bonchev–Trinajstić information content (AvgIpc) is 2.53. The molecule has 3 heteroatoms. The Labute approximate surface area is 125 Å². The second kappa shape index (κ2) is 6.93. The molecule has 2 aromatic carbocycles. The van der Waals surface area contributed by atoms with Crippen molar-refractivity contribution in [3.63, 3.8) is 0 Å². The molecule has 0 bridgehead atoms. The Kier molecular flexibility index (Phi) is 4.99. The molecule has 2 rings (SSSR count). The molecule has 0 saturated heterocycles. The second-order valence-corrected chi connectivity index (χ2v) is 5.17. The average molecular weight is 284 g/mol. The minimum absolute atomic E-state index is 0.281. The van der Waals surface area contributed by atoms with Crippen molar-refractivity contribution < 1.29 is 14.6 Å². The molecular weight excluding hydrogens is 264 g/mol. The number of carboxylic acids is 1. The SMILES string of the molecule is CCC(C)c1ccc(OCc2cccc(C(=O)O)c2)cc1. The zero-order chi connectivity index (χ0) is 15.2. The normalized spacial score (nSPS) is 11.9. The van der Waals surface area contributed by atoms with Crippen molar-refractivity contribution in [1.82, 2.24) is 0 Å². The van der Waals surface area contributed by atoms with Gasteiger partial charge in [0.25, 0.3) is 0 Å². The number of aromatic carboxylic acids is 1. The number of hydrogen-bond acceptors (Lipinski definition) is 2. The van der Waals surface area contributed by atoms with Gasteiger partial charge in [0.1, 0.15) is 12.4 Å². The minimum Gasteiger partial charge on any atom is -0.489 e. The monoisotopic (exact) mass is 284 g/mol. The number of benzene rings is 2. The van der Waals surface area contributed by atoms with Crippen LogP contribution in [0.4, 0.5) is 0 Å². The maximum Gasteiger partial charge on any atom is 0.335 e. The van der Waals surface area contributed by atoms with Crippen LogP contribution in [-0.2, 0) is 6.61 Å². The third-order valence-electron chi connectivity index (χ3n) is 3.64. The van der Waals surface area contributed by atoms with E-state index in [1.165, 1.54) is 5.56 Å². The predicted molar refractivity (Wildman–Crippen MR) is 82.9 cm³/mol. The summed E-state index contributed by atoms with van der Waals surface area (Å²) < 4.78 is 5.70. The van der Waals surface area contributed by atoms with E-state index >= 15 is 0 Å². The summed E-state index contributed by atoms with van der Waals surface area (Å²) in [7, 11) is 0. The molecule has 0 spiro atoms. The molecule has 0 aromatic heterocycles. The van der Waals surface area contributed by atoms with Gasteiger partial charge in [-0.05, 0) is 47.7 Å². The first-order valence-corrected chi connectivity index (χ1v) is 7.15.